The van der Waals surface area contributed by atoms with Gasteiger partial charge in [-0.3, -0.25) is 0 Å². The molecule has 148 valence electrons. The van der Waals surface area contributed by atoms with Gasteiger partial charge in [-0.05, 0) is 60.4 Å². The molecule has 0 spiro atoms. The smallest absolute Gasteiger partial charge is 0.0640 e. The van der Waals surface area contributed by atoms with Crippen molar-refractivity contribution in [2.75, 3.05) is 0 Å². The first-order valence-corrected chi connectivity index (χ1v) is 9.97. The molecule has 2 aliphatic rings. The van der Waals surface area contributed by atoms with E-state index in [2.05, 4.69) is 86.9 Å². The molecule has 0 amide bonds. The molecular weight excluding hydrogens is 350 g/mol. The lowest BCUT2D eigenvalue weighted by atomic mass is 9.69. The van der Waals surface area contributed by atoms with Gasteiger partial charge in [-0.2, -0.15) is 0 Å². The van der Waals surface area contributed by atoms with E-state index >= 15 is 0 Å². The summed E-state index contributed by atoms with van der Waals surface area (Å²) in [6, 6.07) is 0. The van der Waals surface area contributed by atoms with Gasteiger partial charge in [-0.15, -0.1) is 0 Å². The minimum atomic E-state index is -0.404. The molecule has 0 fully saturated rings. The Bertz CT molecular complexity index is 933. The van der Waals surface area contributed by atoms with Gasteiger partial charge in [0.25, 0.3) is 0 Å². The Morgan fingerprint density at radius 3 is 2.52 bits per heavy atom. The highest BCUT2D eigenvalue weighted by molar-refractivity contribution is 5.74. The summed E-state index contributed by atoms with van der Waals surface area (Å²) in [4.78, 5) is 0. The Morgan fingerprint density at radius 1 is 1.07 bits per heavy atom. The fraction of sp³-hybridized carbons (Fsp3) is 0.143. The van der Waals surface area contributed by atoms with E-state index in [0.717, 1.165) is 6.42 Å². The van der Waals surface area contributed by atoms with Crippen LogP contribution in [-0.4, -0.2) is 0 Å². The summed E-state index contributed by atoms with van der Waals surface area (Å²) in [7, 11) is 0. The number of nitrogens with two attached hydrogens (primary N) is 1. The Labute approximate surface area is 176 Å². The van der Waals surface area contributed by atoms with Crippen LogP contribution in [-0.2, 0) is 0 Å². The Balaban J connectivity index is 2.89. The maximum atomic E-state index is 5.45. The molecule has 0 saturated carbocycles. The predicted octanol–water partition coefficient (Wildman–Crippen LogP) is 7.13. The van der Waals surface area contributed by atoms with E-state index < -0.39 is 5.41 Å². The van der Waals surface area contributed by atoms with Gasteiger partial charge in [0.05, 0.1) is 5.41 Å². The average Bonchev–Trinajstić information content (AvgIpc) is 2.86. The molecule has 2 rings (SSSR count). The lowest BCUT2D eigenvalue weighted by molar-refractivity contribution is 0.715. The van der Waals surface area contributed by atoms with Crippen LogP contribution in [0.4, 0.5) is 0 Å². The highest BCUT2D eigenvalue weighted by Gasteiger charge is 2.45. The third kappa shape index (κ3) is 4.41. The quantitative estimate of drug-likeness (QED) is 0.466. The lowest BCUT2D eigenvalue weighted by Crippen LogP contribution is -2.22. The second kappa shape index (κ2) is 10.9. The summed E-state index contributed by atoms with van der Waals surface area (Å²) in [5, 5.41) is 0. The zero-order valence-electron chi connectivity index (χ0n) is 17.5. The lowest BCUT2D eigenvalue weighted by Gasteiger charge is -2.32. The first-order valence-electron chi connectivity index (χ1n) is 9.97. The molecule has 0 aromatic carbocycles. The van der Waals surface area contributed by atoms with Crippen LogP contribution in [0, 0.1) is 5.41 Å². The molecular formula is C28H31N. The van der Waals surface area contributed by atoms with Crippen LogP contribution in [0.1, 0.15) is 20.3 Å². The molecule has 1 atom stereocenters. The first kappa shape index (κ1) is 22.0. The van der Waals surface area contributed by atoms with Gasteiger partial charge in [0.2, 0.25) is 0 Å². The van der Waals surface area contributed by atoms with Gasteiger partial charge >= 0.3 is 0 Å². The summed E-state index contributed by atoms with van der Waals surface area (Å²) in [5.41, 5.74) is 11.3. The zero-order chi connectivity index (χ0) is 21.1. The van der Waals surface area contributed by atoms with Crippen LogP contribution in [0.15, 0.2) is 144 Å². The van der Waals surface area contributed by atoms with E-state index in [1.807, 2.05) is 37.3 Å². The summed E-state index contributed by atoms with van der Waals surface area (Å²) >= 11 is 0. The summed E-state index contributed by atoms with van der Waals surface area (Å²) in [5.74, 6) is 0. The largest absolute Gasteiger partial charge is 0.405 e. The standard InChI is InChI=1S/C28H31N/c1-5-16-23(17-6-2)28(21-14-9-10-15-22-29)26(8-4)24(18-7-3)25-19-12-11-13-20-27(25)28/h5-18,20-22H,1,3,19,29H2,2,4H3/b10-9-,17-6-,21-14+,22-15-,23-16+,24-18-,26-8+. The molecule has 1 heteroatoms. The molecule has 0 aliphatic heterocycles. The molecule has 0 radical (unpaired) electrons. The van der Waals surface area contributed by atoms with Crippen molar-refractivity contribution in [3.05, 3.63) is 144 Å². The molecule has 2 aliphatic carbocycles. The molecule has 1 nitrogen and oxygen atoms in total. The first-order chi connectivity index (χ1) is 14.2. The van der Waals surface area contributed by atoms with Crippen LogP contribution in [0.2, 0.25) is 0 Å². The second-order valence-electron chi connectivity index (χ2n) is 6.70. The molecule has 2 N–H and O–H groups in total. The fourth-order valence-electron chi connectivity index (χ4n) is 4.07. The Morgan fingerprint density at radius 2 is 1.86 bits per heavy atom. The van der Waals surface area contributed by atoms with Crippen LogP contribution in [0.3, 0.4) is 0 Å². The maximum Gasteiger partial charge on any atom is 0.0640 e. The van der Waals surface area contributed by atoms with Crippen LogP contribution < -0.4 is 5.73 Å². The monoisotopic (exact) mass is 381 g/mol. The van der Waals surface area contributed by atoms with E-state index in [0.29, 0.717) is 0 Å². The molecule has 0 saturated heterocycles. The van der Waals surface area contributed by atoms with Gasteiger partial charge in [-0.25, -0.2) is 0 Å². The minimum Gasteiger partial charge on any atom is -0.405 e. The number of rotatable bonds is 7. The highest BCUT2D eigenvalue weighted by Crippen LogP contribution is 2.57. The second-order valence-corrected chi connectivity index (χ2v) is 6.70. The predicted molar refractivity (Wildman–Crippen MR) is 129 cm³/mol. The van der Waals surface area contributed by atoms with Gasteiger partial charge in [0.1, 0.15) is 0 Å². The van der Waals surface area contributed by atoms with Gasteiger partial charge in [0, 0.05) is 0 Å². The molecule has 0 bridgehead atoms. The van der Waals surface area contributed by atoms with Gasteiger partial charge < -0.3 is 5.73 Å². The van der Waals surface area contributed by atoms with Crippen molar-refractivity contribution in [2.45, 2.75) is 20.3 Å². The van der Waals surface area contributed by atoms with Crippen molar-refractivity contribution in [1.82, 2.24) is 0 Å². The van der Waals surface area contributed by atoms with Crippen molar-refractivity contribution in [3.63, 3.8) is 0 Å². The summed E-state index contributed by atoms with van der Waals surface area (Å²) in [6.07, 6.45) is 35.7. The molecule has 29 heavy (non-hydrogen) atoms. The van der Waals surface area contributed by atoms with Crippen molar-refractivity contribution >= 4 is 0 Å². The van der Waals surface area contributed by atoms with Crippen molar-refractivity contribution in [2.24, 2.45) is 11.1 Å². The van der Waals surface area contributed by atoms with E-state index in [9.17, 15) is 0 Å². The molecule has 0 aromatic rings. The van der Waals surface area contributed by atoms with Crippen LogP contribution >= 0.6 is 0 Å². The average molecular weight is 382 g/mol. The van der Waals surface area contributed by atoms with Crippen molar-refractivity contribution in [1.29, 1.82) is 0 Å². The third-order valence-corrected chi connectivity index (χ3v) is 5.08. The number of hydrogen-bond acceptors (Lipinski definition) is 1. The van der Waals surface area contributed by atoms with E-state index in [4.69, 9.17) is 5.73 Å². The minimum absolute atomic E-state index is 0.404. The summed E-state index contributed by atoms with van der Waals surface area (Å²) < 4.78 is 0. The van der Waals surface area contributed by atoms with E-state index in [1.54, 1.807) is 0 Å². The van der Waals surface area contributed by atoms with E-state index in [-0.39, 0.29) is 0 Å². The van der Waals surface area contributed by atoms with E-state index in [1.165, 1.54) is 34.1 Å². The van der Waals surface area contributed by atoms with Crippen molar-refractivity contribution in [3.8, 4) is 0 Å². The highest BCUT2D eigenvalue weighted by atomic mass is 14.5. The Kier molecular flexibility index (Phi) is 8.24. The van der Waals surface area contributed by atoms with Gasteiger partial charge in [0.15, 0.2) is 0 Å². The third-order valence-electron chi connectivity index (χ3n) is 5.08. The number of allylic oxidation sites excluding steroid dienone is 21. The molecule has 0 heterocycles. The Hall–Kier alpha value is -3.32. The topological polar surface area (TPSA) is 26.0 Å². The van der Waals surface area contributed by atoms with Crippen molar-refractivity contribution < 1.29 is 0 Å². The zero-order valence-corrected chi connectivity index (χ0v) is 17.5. The molecule has 1 unspecified atom stereocenters. The fourth-order valence-corrected chi connectivity index (χ4v) is 4.07. The summed E-state index contributed by atoms with van der Waals surface area (Å²) in [6.45, 7) is 12.1. The SMILES string of the molecule is C=C/C=C1/C2=C(C=CC=CC2)C(/C=C/C=C\C=C/N)(C(/C=C\C)=C/C=C)/C1=C/C. The maximum absolute atomic E-state index is 5.45. The normalized spacial score (nSPS) is 25.4. The molecule has 0 aromatic heterocycles. The van der Waals surface area contributed by atoms with Crippen LogP contribution in [0.25, 0.3) is 0 Å². The van der Waals surface area contributed by atoms with Crippen LogP contribution in [0.5, 0.6) is 0 Å². The number of hydrogen-bond donors (Lipinski definition) is 1. The van der Waals surface area contributed by atoms with Gasteiger partial charge in [-0.1, -0.05) is 104 Å².